The predicted molar refractivity (Wildman–Crippen MR) is 96.5 cm³/mol. The number of aryl methyl sites for hydroxylation is 1. The van der Waals surface area contributed by atoms with E-state index in [9.17, 15) is 8.78 Å². The molecule has 134 valence electrons. The fourth-order valence-electron chi connectivity index (χ4n) is 2.28. The number of anilines is 1. The topological polar surface area (TPSA) is 65.4 Å². The fraction of sp³-hybridized carbons (Fsp3) is 0.111. The highest BCUT2D eigenvalue weighted by atomic mass is 35.5. The van der Waals surface area contributed by atoms with Gasteiger partial charge in [-0.1, -0.05) is 11.6 Å². The minimum absolute atomic E-state index is 0.109. The van der Waals surface area contributed by atoms with Crippen LogP contribution in [0.4, 0.5) is 14.7 Å². The Kier molecular flexibility index (Phi) is 5.18. The highest BCUT2D eigenvalue weighted by molar-refractivity contribution is 6.30. The van der Waals surface area contributed by atoms with Gasteiger partial charge < -0.3 is 10.5 Å². The van der Waals surface area contributed by atoms with Crippen molar-refractivity contribution < 1.29 is 13.5 Å². The van der Waals surface area contributed by atoms with Crippen LogP contribution in [-0.2, 0) is 6.61 Å². The molecular weight excluding hydrogens is 362 g/mol. The largest absolute Gasteiger partial charge is 0.488 e. The monoisotopic (exact) mass is 376 g/mol. The summed E-state index contributed by atoms with van der Waals surface area (Å²) in [5.74, 6) is -0.423. The van der Waals surface area contributed by atoms with Gasteiger partial charge in [-0.3, -0.25) is 0 Å². The Morgan fingerprint density at radius 3 is 2.81 bits per heavy atom. The van der Waals surface area contributed by atoms with Crippen LogP contribution in [0.2, 0.25) is 5.02 Å². The number of nitrogens with zero attached hydrogens (tertiary/aromatic N) is 3. The van der Waals surface area contributed by atoms with Gasteiger partial charge in [0.2, 0.25) is 5.95 Å². The Balaban J connectivity index is 1.84. The van der Waals surface area contributed by atoms with Gasteiger partial charge in [-0.25, -0.2) is 18.4 Å². The Morgan fingerprint density at radius 1 is 1.27 bits per heavy atom. The molecule has 0 bridgehead atoms. The van der Waals surface area contributed by atoms with Gasteiger partial charge in [-0.05, 0) is 43.3 Å². The summed E-state index contributed by atoms with van der Waals surface area (Å²) in [5, 5.41) is 4.69. The van der Waals surface area contributed by atoms with E-state index in [4.69, 9.17) is 22.1 Å². The van der Waals surface area contributed by atoms with E-state index in [2.05, 4.69) is 10.1 Å². The summed E-state index contributed by atoms with van der Waals surface area (Å²) in [6, 6.07) is 8.10. The van der Waals surface area contributed by atoms with Crippen molar-refractivity contribution >= 4 is 23.8 Å². The summed E-state index contributed by atoms with van der Waals surface area (Å²) in [6.45, 7) is 1.65. The van der Waals surface area contributed by atoms with Crippen LogP contribution in [0.3, 0.4) is 0 Å². The zero-order chi connectivity index (χ0) is 18.7. The van der Waals surface area contributed by atoms with Gasteiger partial charge in [0.15, 0.2) is 0 Å². The lowest BCUT2D eigenvalue weighted by Crippen LogP contribution is -2.02. The van der Waals surface area contributed by atoms with Crippen molar-refractivity contribution in [3.63, 3.8) is 0 Å². The zero-order valence-electron chi connectivity index (χ0n) is 13.8. The number of hydrogen-bond donors (Lipinski definition) is 1. The molecule has 0 unspecified atom stereocenters. The van der Waals surface area contributed by atoms with Gasteiger partial charge in [0.25, 0.3) is 0 Å². The van der Waals surface area contributed by atoms with Crippen LogP contribution in [0.25, 0.3) is 0 Å². The van der Waals surface area contributed by atoms with Crippen molar-refractivity contribution in [2.45, 2.75) is 13.5 Å². The number of imidazole rings is 1. The molecule has 0 atom stereocenters. The van der Waals surface area contributed by atoms with E-state index in [1.807, 2.05) is 0 Å². The Bertz CT molecular complexity index is 972. The standard InChI is InChI=1S/C18H15ClF2N4O/c1-11-9-25(18(22)24-11)23-8-12-6-14(19)2-5-17(12)26-10-13-7-15(20)3-4-16(13)21/h2-9H,10H2,1H3,(H2,22,24). The van der Waals surface area contributed by atoms with Gasteiger partial charge in [0.05, 0.1) is 18.1 Å². The van der Waals surface area contributed by atoms with Crippen LogP contribution in [0, 0.1) is 18.6 Å². The van der Waals surface area contributed by atoms with E-state index in [0.717, 1.165) is 23.9 Å². The molecule has 0 saturated carbocycles. The van der Waals surface area contributed by atoms with Gasteiger partial charge in [0, 0.05) is 16.1 Å². The highest BCUT2D eigenvalue weighted by Gasteiger charge is 2.08. The van der Waals surface area contributed by atoms with E-state index in [0.29, 0.717) is 16.3 Å². The Hall–Kier alpha value is -2.93. The Morgan fingerprint density at radius 2 is 2.08 bits per heavy atom. The number of halogens is 3. The summed E-state index contributed by atoms with van der Waals surface area (Å²) in [4.78, 5) is 4.05. The van der Waals surface area contributed by atoms with Gasteiger partial charge in [-0.2, -0.15) is 5.10 Å². The summed E-state index contributed by atoms with van der Waals surface area (Å²) < 4.78 is 34.0. The van der Waals surface area contributed by atoms with Crippen LogP contribution in [0.5, 0.6) is 5.75 Å². The predicted octanol–water partition coefficient (Wildman–Crippen LogP) is 4.17. The number of ether oxygens (including phenoxy) is 1. The maximum atomic E-state index is 13.7. The lowest BCUT2D eigenvalue weighted by Gasteiger charge is -2.10. The first-order valence-electron chi connectivity index (χ1n) is 7.64. The van der Waals surface area contributed by atoms with E-state index in [1.165, 1.54) is 10.9 Å². The lowest BCUT2D eigenvalue weighted by molar-refractivity contribution is 0.298. The maximum absolute atomic E-state index is 13.7. The molecule has 0 aliphatic rings. The number of nitrogens with two attached hydrogens (primary N) is 1. The summed E-state index contributed by atoms with van der Waals surface area (Å²) in [5.41, 5.74) is 7.13. The third-order valence-electron chi connectivity index (χ3n) is 3.52. The number of benzene rings is 2. The third-order valence-corrected chi connectivity index (χ3v) is 3.75. The first kappa shape index (κ1) is 17.9. The average Bonchev–Trinajstić information content (AvgIpc) is 2.92. The number of hydrogen-bond acceptors (Lipinski definition) is 4. The second-order valence-corrected chi connectivity index (χ2v) is 5.97. The molecule has 0 aliphatic heterocycles. The summed E-state index contributed by atoms with van der Waals surface area (Å²) in [6.07, 6.45) is 3.17. The molecule has 1 aromatic heterocycles. The summed E-state index contributed by atoms with van der Waals surface area (Å²) in [7, 11) is 0. The van der Waals surface area contributed by atoms with Crippen molar-refractivity contribution in [3.8, 4) is 5.75 Å². The molecule has 0 fully saturated rings. The van der Waals surface area contributed by atoms with Crippen LogP contribution < -0.4 is 10.5 Å². The van der Waals surface area contributed by atoms with E-state index in [1.54, 1.807) is 31.3 Å². The first-order valence-corrected chi connectivity index (χ1v) is 8.02. The summed E-state index contributed by atoms with van der Waals surface area (Å²) >= 11 is 6.03. The molecule has 2 aromatic carbocycles. The normalized spacial score (nSPS) is 11.2. The van der Waals surface area contributed by atoms with E-state index in [-0.39, 0.29) is 18.1 Å². The number of nitrogen functional groups attached to an aromatic ring is 1. The number of aromatic nitrogens is 2. The van der Waals surface area contributed by atoms with Crippen molar-refractivity contribution in [2.75, 3.05) is 5.73 Å². The quantitative estimate of drug-likeness (QED) is 0.680. The molecule has 0 spiro atoms. The SMILES string of the molecule is Cc1cn(N=Cc2cc(Cl)ccc2OCc2cc(F)ccc2F)c(N)n1. The molecule has 2 N–H and O–H groups in total. The van der Waals surface area contributed by atoms with Crippen LogP contribution in [0.1, 0.15) is 16.8 Å². The molecule has 0 amide bonds. The molecule has 3 aromatic rings. The van der Waals surface area contributed by atoms with Crippen LogP contribution in [0.15, 0.2) is 47.7 Å². The van der Waals surface area contributed by atoms with Crippen molar-refractivity contribution in [1.82, 2.24) is 9.66 Å². The molecule has 0 radical (unpaired) electrons. The second kappa shape index (κ2) is 7.53. The Labute approximate surface area is 153 Å². The van der Waals surface area contributed by atoms with Gasteiger partial charge in [-0.15, -0.1) is 0 Å². The van der Waals surface area contributed by atoms with Crippen molar-refractivity contribution in [3.05, 3.63) is 76.1 Å². The molecule has 8 heteroatoms. The zero-order valence-corrected chi connectivity index (χ0v) is 14.5. The fourth-order valence-corrected chi connectivity index (χ4v) is 2.46. The van der Waals surface area contributed by atoms with E-state index < -0.39 is 11.6 Å². The molecular formula is C18H15ClF2N4O. The first-order chi connectivity index (χ1) is 12.4. The van der Waals surface area contributed by atoms with E-state index >= 15 is 0 Å². The molecule has 1 heterocycles. The van der Waals surface area contributed by atoms with Gasteiger partial charge >= 0.3 is 0 Å². The molecule has 5 nitrogen and oxygen atoms in total. The minimum atomic E-state index is -0.544. The minimum Gasteiger partial charge on any atom is -0.488 e. The van der Waals surface area contributed by atoms with Crippen molar-refractivity contribution in [1.29, 1.82) is 0 Å². The van der Waals surface area contributed by atoms with Gasteiger partial charge in [0.1, 0.15) is 24.0 Å². The third kappa shape index (κ3) is 4.18. The second-order valence-electron chi connectivity index (χ2n) is 5.54. The molecule has 0 saturated heterocycles. The number of rotatable bonds is 5. The lowest BCUT2D eigenvalue weighted by atomic mass is 10.2. The highest BCUT2D eigenvalue weighted by Crippen LogP contribution is 2.23. The van der Waals surface area contributed by atoms with Crippen LogP contribution >= 0.6 is 11.6 Å². The smallest absolute Gasteiger partial charge is 0.221 e. The molecule has 0 aliphatic carbocycles. The molecule has 26 heavy (non-hydrogen) atoms. The molecule has 3 rings (SSSR count). The van der Waals surface area contributed by atoms with Crippen molar-refractivity contribution in [2.24, 2.45) is 5.10 Å². The van der Waals surface area contributed by atoms with Crippen LogP contribution in [-0.4, -0.2) is 15.9 Å². The average molecular weight is 377 g/mol. The maximum Gasteiger partial charge on any atom is 0.221 e.